The molecule has 2 unspecified atom stereocenters. The Bertz CT molecular complexity index is 685. The highest BCUT2D eigenvalue weighted by molar-refractivity contribution is 5.51. The van der Waals surface area contributed by atoms with Crippen LogP contribution in [0.1, 0.15) is 6.92 Å². The molecule has 0 aromatic carbocycles. The predicted molar refractivity (Wildman–Crippen MR) is 91.6 cm³/mol. The molecule has 7 nitrogen and oxygen atoms in total. The lowest BCUT2D eigenvalue weighted by Crippen LogP contribution is -2.45. The molecule has 0 bridgehead atoms. The number of β-amino-alcohol motifs (C(OH)–C–C–N with tert-alkyl or cyclic N) is 1. The molecule has 0 radical (unpaired) electrons. The maximum atomic E-state index is 13.0. The van der Waals surface area contributed by atoms with Crippen molar-refractivity contribution < 1.29 is 14.2 Å². The number of hydrogen-bond donors (Lipinski definition) is 2. The fourth-order valence-electron chi connectivity index (χ4n) is 2.73. The van der Waals surface area contributed by atoms with E-state index in [1.807, 2.05) is 6.92 Å². The number of morpholine rings is 1. The average Bonchev–Trinajstić information content (AvgIpc) is 2.61. The van der Waals surface area contributed by atoms with Crippen LogP contribution in [0.5, 0.6) is 0 Å². The molecular formula is C17H22FN5O2. The van der Waals surface area contributed by atoms with Crippen LogP contribution in [0.3, 0.4) is 0 Å². The van der Waals surface area contributed by atoms with Crippen LogP contribution in [0.15, 0.2) is 30.6 Å². The van der Waals surface area contributed by atoms with Crippen molar-refractivity contribution >= 4 is 5.82 Å². The zero-order valence-corrected chi connectivity index (χ0v) is 14.1. The summed E-state index contributed by atoms with van der Waals surface area (Å²) >= 11 is 0. The molecule has 2 aromatic heterocycles. The van der Waals surface area contributed by atoms with Crippen LogP contribution < -0.4 is 5.32 Å². The quantitative estimate of drug-likeness (QED) is 0.811. The smallest absolute Gasteiger partial charge is 0.180 e. The number of halogens is 1. The van der Waals surface area contributed by atoms with E-state index in [0.717, 1.165) is 19.3 Å². The number of aromatic nitrogens is 3. The molecule has 8 heteroatoms. The van der Waals surface area contributed by atoms with Crippen molar-refractivity contribution in [3.63, 3.8) is 0 Å². The molecule has 0 saturated carbocycles. The summed E-state index contributed by atoms with van der Waals surface area (Å²) in [7, 11) is 0. The van der Waals surface area contributed by atoms with Gasteiger partial charge < -0.3 is 15.2 Å². The van der Waals surface area contributed by atoms with E-state index in [-0.39, 0.29) is 6.10 Å². The van der Waals surface area contributed by atoms with Gasteiger partial charge >= 0.3 is 0 Å². The molecule has 3 rings (SSSR count). The number of ether oxygens (including phenoxy) is 1. The van der Waals surface area contributed by atoms with Crippen LogP contribution in [0.25, 0.3) is 11.5 Å². The minimum Gasteiger partial charge on any atom is -0.390 e. The molecule has 1 fully saturated rings. The third kappa shape index (κ3) is 5.15. The fourth-order valence-corrected chi connectivity index (χ4v) is 2.73. The van der Waals surface area contributed by atoms with Gasteiger partial charge in [0.25, 0.3) is 0 Å². The van der Waals surface area contributed by atoms with Crippen LogP contribution in [0, 0.1) is 5.82 Å². The lowest BCUT2D eigenvalue weighted by atomic mass is 10.2. The maximum absolute atomic E-state index is 13.0. The summed E-state index contributed by atoms with van der Waals surface area (Å²) < 4.78 is 18.4. The van der Waals surface area contributed by atoms with E-state index in [1.54, 1.807) is 12.3 Å². The first-order valence-electron chi connectivity index (χ1n) is 8.31. The first kappa shape index (κ1) is 17.7. The largest absolute Gasteiger partial charge is 0.390 e. The Labute approximate surface area is 145 Å². The van der Waals surface area contributed by atoms with E-state index in [4.69, 9.17) is 4.74 Å². The Balaban J connectivity index is 1.54. The highest BCUT2D eigenvalue weighted by Gasteiger charge is 2.19. The van der Waals surface area contributed by atoms with Crippen molar-refractivity contribution in [2.45, 2.75) is 19.1 Å². The molecule has 1 aliphatic rings. The monoisotopic (exact) mass is 347 g/mol. The van der Waals surface area contributed by atoms with Crippen LogP contribution in [0.4, 0.5) is 10.2 Å². The standard InChI is InChI=1S/C17H22FN5O2/c1-12-10-23(6-7-25-12)11-14(24)9-21-16-4-5-19-17(22-16)15-3-2-13(18)8-20-15/h2-5,8,12,14,24H,6-7,9-11H2,1H3,(H,19,21,22). The van der Waals surface area contributed by atoms with Crippen molar-refractivity contribution in [1.82, 2.24) is 19.9 Å². The lowest BCUT2D eigenvalue weighted by molar-refractivity contribution is -0.0302. The minimum atomic E-state index is -0.521. The molecule has 0 aliphatic carbocycles. The third-order valence-corrected chi connectivity index (χ3v) is 3.93. The second-order valence-corrected chi connectivity index (χ2v) is 6.10. The second kappa shape index (κ2) is 8.28. The Kier molecular flexibility index (Phi) is 5.85. The number of nitrogens with one attached hydrogen (secondary N) is 1. The number of hydrogen-bond acceptors (Lipinski definition) is 7. The zero-order chi connectivity index (χ0) is 17.6. The second-order valence-electron chi connectivity index (χ2n) is 6.10. The summed E-state index contributed by atoms with van der Waals surface area (Å²) in [5, 5.41) is 13.3. The molecule has 3 heterocycles. The van der Waals surface area contributed by atoms with E-state index in [2.05, 4.69) is 25.2 Å². The van der Waals surface area contributed by atoms with Gasteiger partial charge in [-0.05, 0) is 25.1 Å². The molecule has 2 N–H and O–H groups in total. The summed E-state index contributed by atoms with van der Waals surface area (Å²) in [4.78, 5) is 14.7. The van der Waals surface area contributed by atoms with Crippen molar-refractivity contribution in [2.75, 3.05) is 38.1 Å². The van der Waals surface area contributed by atoms with E-state index < -0.39 is 11.9 Å². The van der Waals surface area contributed by atoms with Crippen molar-refractivity contribution in [1.29, 1.82) is 0 Å². The van der Waals surface area contributed by atoms with Gasteiger partial charge in [0, 0.05) is 32.4 Å². The number of aliphatic hydroxyl groups is 1. The SMILES string of the molecule is CC1CN(CC(O)CNc2ccnc(-c3ccc(F)cn3)n2)CCO1. The van der Waals surface area contributed by atoms with Gasteiger partial charge in [-0.2, -0.15) is 0 Å². The molecule has 2 aromatic rings. The average molecular weight is 347 g/mol. The van der Waals surface area contributed by atoms with Gasteiger partial charge in [0.05, 0.1) is 25.0 Å². The Hall–Kier alpha value is -2.16. The summed E-state index contributed by atoms with van der Waals surface area (Å²) in [6.07, 6.45) is 2.41. The molecule has 0 amide bonds. The van der Waals surface area contributed by atoms with Gasteiger partial charge in [-0.1, -0.05) is 0 Å². The van der Waals surface area contributed by atoms with E-state index in [0.29, 0.717) is 37.0 Å². The Morgan fingerprint density at radius 3 is 3.04 bits per heavy atom. The molecule has 1 aliphatic heterocycles. The van der Waals surface area contributed by atoms with Gasteiger partial charge in [-0.25, -0.2) is 19.3 Å². The van der Waals surface area contributed by atoms with Gasteiger partial charge in [-0.15, -0.1) is 0 Å². The normalized spacial score (nSPS) is 19.6. The van der Waals surface area contributed by atoms with Gasteiger partial charge in [-0.3, -0.25) is 4.90 Å². The van der Waals surface area contributed by atoms with Crippen LogP contribution in [0.2, 0.25) is 0 Å². The predicted octanol–water partition coefficient (Wildman–Crippen LogP) is 1.17. The topological polar surface area (TPSA) is 83.4 Å². The third-order valence-electron chi connectivity index (χ3n) is 3.93. The first-order chi connectivity index (χ1) is 12.1. The number of aliphatic hydroxyl groups excluding tert-OH is 1. The Morgan fingerprint density at radius 1 is 1.40 bits per heavy atom. The first-order valence-corrected chi connectivity index (χ1v) is 8.31. The summed E-state index contributed by atoms with van der Waals surface area (Å²) in [6, 6.07) is 4.57. The highest BCUT2D eigenvalue weighted by atomic mass is 19.1. The number of nitrogens with zero attached hydrogens (tertiary/aromatic N) is 4. The summed E-state index contributed by atoms with van der Waals surface area (Å²) in [5.74, 6) is 0.589. The highest BCUT2D eigenvalue weighted by Crippen LogP contribution is 2.14. The summed E-state index contributed by atoms with van der Waals surface area (Å²) in [6.45, 7) is 5.33. The van der Waals surface area contributed by atoms with Crippen LogP contribution in [-0.4, -0.2) is 70.0 Å². The maximum Gasteiger partial charge on any atom is 0.180 e. The van der Waals surface area contributed by atoms with E-state index in [1.165, 1.54) is 12.1 Å². The number of anilines is 1. The zero-order valence-electron chi connectivity index (χ0n) is 14.1. The molecule has 0 spiro atoms. The molecular weight excluding hydrogens is 325 g/mol. The fraction of sp³-hybridized carbons (Fsp3) is 0.471. The number of pyridine rings is 1. The van der Waals surface area contributed by atoms with E-state index >= 15 is 0 Å². The van der Waals surface area contributed by atoms with Crippen molar-refractivity contribution in [3.05, 3.63) is 36.4 Å². The molecule has 1 saturated heterocycles. The van der Waals surface area contributed by atoms with Crippen molar-refractivity contribution in [2.24, 2.45) is 0 Å². The molecule has 2 atom stereocenters. The van der Waals surface area contributed by atoms with Crippen LogP contribution >= 0.6 is 0 Å². The van der Waals surface area contributed by atoms with Crippen molar-refractivity contribution in [3.8, 4) is 11.5 Å². The summed E-state index contributed by atoms with van der Waals surface area (Å²) in [5.41, 5.74) is 0.493. The van der Waals surface area contributed by atoms with Gasteiger partial charge in [0.1, 0.15) is 17.3 Å². The molecule has 25 heavy (non-hydrogen) atoms. The van der Waals surface area contributed by atoms with Gasteiger partial charge in [0.2, 0.25) is 0 Å². The van der Waals surface area contributed by atoms with E-state index in [9.17, 15) is 9.50 Å². The van der Waals surface area contributed by atoms with Gasteiger partial charge in [0.15, 0.2) is 5.82 Å². The minimum absolute atomic E-state index is 0.196. The molecule has 134 valence electrons. The lowest BCUT2D eigenvalue weighted by Gasteiger charge is -2.32. The Morgan fingerprint density at radius 2 is 2.28 bits per heavy atom. The number of rotatable bonds is 6. The van der Waals surface area contributed by atoms with Crippen LogP contribution in [-0.2, 0) is 4.74 Å².